The quantitative estimate of drug-likeness (QED) is 0.757. The number of nitrogens with one attached hydrogen (secondary N) is 1. The molecule has 2 aromatic heterocycles. The van der Waals surface area contributed by atoms with Crippen LogP contribution in [0.5, 0.6) is 0 Å². The minimum Gasteiger partial charge on any atom is -0.377 e. The third-order valence-electron chi connectivity index (χ3n) is 3.13. The fraction of sp³-hybridized carbons (Fsp3) is 0.188. The highest BCUT2D eigenvalue weighted by molar-refractivity contribution is 7.09. The summed E-state index contributed by atoms with van der Waals surface area (Å²) in [4.78, 5) is 8.90. The Kier molecular flexibility index (Phi) is 4.72. The molecule has 0 saturated carbocycles. The number of aromatic nitrogens is 3. The number of hydrogen-bond donors (Lipinski definition) is 1. The van der Waals surface area contributed by atoms with Gasteiger partial charge in [-0.05, 0) is 17.7 Å². The molecule has 0 saturated heterocycles. The van der Waals surface area contributed by atoms with Crippen molar-refractivity contribution in [2.45, 2.75) is 12.6 Å². The molecule has 112 valence electrons. The minimum absolute atomic E-state index is 0.0641. The van der Waals surface area contributed by atoms with E-state index in [1.807, 2.05) is 36.4 Å². The van der Waals surface area contributed by atoms with Crippen molar-refractivity contribution in [1.82, 2.24) is 14.3 Å². The first-order valence-corrected chi connectivity index (χ1v) is 7.68. The maximum Gasteiger partial charge on any atom is 0.203 e. The van der Waals surface area contributed by atoms with Gasteiger partial charge in [-0.25, -0.2) is 4.98 Å². The van der Waals surface area contributed by atoms with Crippen LogP contribution in [0.4, 0.5) is 5.13 Å². The largest absolute Gasteiger partial charge is 0.377 e. The summed E-state index contributed by atoms with van der Waals surface area (Å²) in [6.07, 6.45) is 1.80. The Morgan fingerprint density at radius 2 is 1.95 bits per heavy atom. The molecule has 0 aliphatic heterocycles. The highest BCUT2D eigenvalue weighted by Crippen LogP contribution is 2.26. The predicted octanol–water partition coefficient (Wildman–Crippen LogP) is 3.28. The summed E-state index contributed by atoms with van der Waals surface area (Å²) in [7, 11) is 1.63. The van der Waals surface area contributed by atoms with Gasteiger partial charge < -0.3 is 10.1 Å². The van der Waals surface area contributed by atoms with Crippen LogP contribution in [0.25, 0.3) is 0 Å². The van der Waals surface area contributed by atoms with Gasteiger partial charge in [0, 0.05) is 24.8 Å². The van der Waals surface area contributed by atoms with Gasteiger partial charge in [0.15, 0.2) is 5.82 Å². The van der Waals surface area contributed by atoms with Gasteiger partial charge in [0.05, 0.1) is 11.7 Å². The summed E-state index contributed by atoms with van der Waals surface area (Å²) >= 11 is 1.33. The van der Waals surface area contributed by atoms with Crippen LogP contribution >= 0.6 is 11.5 Å². The van der Waals surface area contributed by atoms with Gasteiger partial charge in [0.2, 0.25) is 5.13 Å². The summed E-state index contributed by atoms with van der Waals surface area (Å²) < 4.78 is 9.33. The monoisotopic (exact) mass is 312 g/mol. The summed E-state index contributed by atoms with van der Waals surface area (Å²) in [5.41, 5.74) is 2.07. The second-order valence-electron chi connectivity index (χ2n) is 4.69. The number of benzene rings is 1. The Hall–Kier alpha value is -2.31. The van der Waals surface area contributed by atoms with E-state index >= 15 is 0 Å². The van der Waals surface area contributed by atoms with Crippen molar-refractivity contribution in [3.8, 4) is 0 Å². The number of ether oxygens (including phenoxy) is 1. The lowest BCUT2D eigenvalue weighted by atomic mass is 10.0. The Morgan fingerprint density at radius 3 is 2.68 bits per heavy atom. The number of hydrogen-bond acceptors (Lipinski definition) is 6. The fourth-order valence-corrected chi connectivity index (χ4v) is 2.75. The lowest BCUT2D eigenvalue weighted by molar-refractivity contribution is 0.179. The second kappa shape index (κ2) is 7.11. The summed E-state index contributed by atoms with van der Waals surface area (Å²) in [6.45, 7) is 0.414. The predicted molar refractivity (Wildman–Crippen MR) is 86.8 cm³/mol. The number of nitrogens with zero attached hydrogens (tertiary/aromatic N) is 3. The zero-order valence-corrected chi connectivity index (χ0v) is 13.0. The molecule has 0 aliphatic carbocycles. The smallest absolute Gasteiger partial charge is 0.203 e. The van der Waals surface area contributed by atoms with Crippen LogP contribution in [0.3, 0.4) is 0 Å². The highest BCUT2D eigenvalue weighted by Gasteiger charge is 2.17. The number of pyridine rings is 1. The van der Waals surface area contributed by atoms with E-state index in [1.165, 1.54) is 11.5 Å². The molecular weight excluding hydrogens is 296 g/mol. The molecule has 1 unspecified atom stereocenters. The highest BCUT2D eigenvalue weighted by atomic mass is 32.1. The zero-order chi connectivity index (χ0) is 15.2. The first-order valence-electron chi connectivity index (χ1n) is 6.91. The number of rotatable bonds is 6. The van der Waals surface area contributed by atoms with E-state index in [0.29, 0.717) is 12.4 Å². The molecule has 0 aliphatic rings. The topological polar surface area (TPSA) is 59.9 Å². The van der Waals surface area contributed by atoms with Crippen molar-refractivity contribution >= 4 is 16.7 Å². The van der Waals surface area contributed by atoms with E-state index in [-0.39, 0.29) is 6.04 Å². The molecular formula is C16H16N4OS. The maximum atomic E-state index is 5.06. The molecule has 0 radical (unpaired) electrons. The Balaban J connectivity index is 1.88. The SMILES string of the molecule is COCc1nsc(NC(c2ccccc2)c2ccccn2)n1. The lowest BCUT2D eigenvalue weighted by Crippen LogP contribution is -2.13. The van der Waals surface area contributed by atoms with E-state index in [4.69, 9.17) is 4.74 Å². The van der Waals surface area contributed by atoms with E-state index in [2.05, 4.69) is 31.8 Å². The Labute approximate surface area is 133 Å². The molecule has 2 heterocycles. The van der Waals surface area contributed by atoms with E-state index in [0.717, 1.165) is 16.4 Å². The lowest BCUT2D eigenvalue weighted by Gasteiger charge is -2.17. The van der Waals surface area contributed by atoms with E-state index in [1.54, 1.807) is 13.3 Å². The van der Waals surface area contributed by atoms with Crippen LogP contribution in [0.2, 0.25) is 0 Å². The van der Waals surface area contributed by atoms with Crippen molar-refractivity contribution < 1.29 is 4.74 Å². The summed E-state index contributed by atoms with van der Waals surface area (Å²) in [5.74, 6) is 0.683. The van der Waals surface area contributed by atoms with Crippen LogP contribution in [0.15, 0.2) is 54.7 Å². The minimum atomic E-state index is -0.0641. The van der Waals surface area contributed by atoms with Crippen molar-refractivity contribution in [2.24, 2.45) is 0 Å². The molecule has 6 heteroatoms. The van der Waals surface area contributed by atoms with Gasteiger partial charge in [-0.3, -0.25) is 4.98 Å². The number of anilines is 1. The van der Waals surface area contributed by atoms with Crippen molar-refractivity contribution in [1.29, 1.82) is 0 Å². The summed E-state index contributed by atoms with van der Waals surface area (Å²) in [5, 5.41) is 4.17. The van der Waals surface area contributed by atoms with Gasteiger partial charge >= 0.3 is 0 Å². The maximum absolute atomic E-state index is 5.06. The first-order chi connectivity index (χ1) is 10.9. The zero-order valence-electron chi connectivity index (χ0n) is 12.1. The standard InChI is InChI=1S/C16H16N4OS/c1-21-11-14-18-16(22-20-14)19-15(12-7-3-2-4-8-12)13-9-5-6-10-17-13/h2-10,15H,11H2,1H3,(H,18,19,20). The molecule has 1 N–H and O–H groups in total. The third-order valence-corrected chi connectivity index (χ3v) is 3.81. The third kappa shape index (κ3) is 3.47. The first kappa shape index (κ1) is 14.6. The average molecular weight is 312 g/mol. The van der Waals surface area contributed by atoms with Crippen LogP contribution in [0, 0.1) is 0 Å². The Morgan fingerprint density at radius 1 is 1.14 bits per heavy atom. The molecule has 0 amide bonds. The molecule has 0 bridgehead atoms. The van der Waals surface area contributed by atoms with Gasteiger partial charge in [-0.15, -0.1) is 0 Å². The van der Waals surface area contributed by atoms with Gasteiger partial charge in [0.25, 0.3) is 0 Å². The van der Waals surface area contributed by atoms with Crippen LogP contribution in [-0.4, -0.2) is 21.5 Å². The van der Waals surface area contributed by atoms with Crippen molar-refractivity contribution in [2.75, 3.05) is 12.4 Å². The van der Waals surface area contributed by atoms with Crippen LogP contribution in [0.1, 0.15) is 23.1 Å². The van der Waals surface area contributed by atoms with Crippen molar-refractivity contribution in [3.05, 3.63) is 71.8 Å². The molecule has 3 aromatic rings. The van der Waals surface area contributed by atoms with E-state index in [9.17, 15) is 0 Å². The van der Waals surface area contributed by atoms with Crippen LogP contribution in [-0.2, 0) is 11.3 Å². The molecule has 0 fully saturated rings. The molecule has 22 heavy (non-hydrogen) atoms. The van der Waals surface area contributed by atoms with Gasteiger partial charge in [-0.1, -0.05) is 36.4 Å². The number of methoxy groups -OCH3 is 1. The normalized spacial score (nSPS) is 12.0. The summed E-state index contributed by atoms with van der Waals surface area (Å²) in [6, 6.07) is 16.0. The molecule has 3 rings (SSSR count). The molecule has 1 aromatic carbocycles. The Bertz CT molecular complexity index is 663. The van der Waals surface area contributed by atoms with Gasteiger partial charge in [0.1, 0.15) is 6.61 Å². The average Bonchev–Trinajstić information content (AvgIpc) is 3.02. The van der Waals surface area contributed by atoms with Crippen LogP contribution < -0.4 is 5.32 Å². The fourth-order valence-electron chi connectivity index (χ4n) is 2.14. The van der Waals surface area contributed by atoms with E-state index < -0.39 is 0 Å². The molecule has 0 spiro atoms. The van der Waals surface area contributed by atoms with Gasteiger partial charge in [-0.2, -0.15) is 4.37 Å². The second-order valence-corrected chi connectivity index (χ2v) is 5.44. The molecule has 5 nitrogen and oxygen atoms in total. The van der Waals surface area contributed by atoms with Crippen molar-refractivity contribution in [3.63, 3.8) is 0 Å². The molecule has 1 atom stereocenters.